The van der Waals surface area contributed by atoms with Crippen molar-refractivity contribution < 1.29 is 9.59 Å². The summed E-state index contributed by atoms with van der Waals surface area (Å²) in [6.45, 7) is 1.55. The first-order valence-corrected chi connectivity index (χ1v) is 8.98. The van der Waals surface area contributed by atoms with Gasteiger partial charge in [-0.1, -0.05) is 48.5 Å². The molecule has 1 aliphatic rings. The molecule has 1 fully saturated rings. The molecule has 0 radical (unpaired) electrons. The Morgan fingerprint density at radius 2 is 1.66 bits per heavy atom. The zero-order valence-corrected chi connectivity index (χ0v) is 15.7. The van der Waals surface area contributed by atoms with E-state index in [1.807, 2.05) is 48.5 Å². The maximum atomic E-state index is 13.0. The summed E-state index contributed by atoms with van der Waals surface area (Å²) in [6, 6.07) is 17.9. The van der Waals surface area contributed by atoms with E-state index in [1.165, 1.54) is 0 Å². The highest BCUT2D eigenvalue weighted by molar-refractivity contribution is 6.07. The Labute approximate surface area is 167 Å². The second kappa shape index (κ2) is 7.19. The number of hydrogen-bond acceptors (Lipinski definition) is 7. The minimum absolute atomic E-state index is 0.00805. The number of nitrogen functional groups attached to an aromatic ring is 1. The summed E-state index contributed by atoms with van der Waals surface area (Å²) in [6.07, 6.45) is 0. The van der Waals surface area contributed by atoms with Gasteiger partial charge in [-0.2, -0.15) is 15.0 Å². The molecule has 3 aromatic rings. The summed E-state index contributed by atoms with van der Waals surface area (Å²) in [5.74, 6) is 0.0462. The lowest BCUT2D eigenvalue weighted by Crippen LogP contribution is -2.40. The third-order valence-electron chi connectivity index (χ3n) is 4.65. The molecule has 2 heterocycles. The van der Waals surface area contributed by atoms with E-state index >= 15 is 0 Å². The zero-order valence-electron chi connectivity index (χ0n) is 15.7. The van der Waals surface area contributed by atoms with Crippen LogP contribution in [0.25, 0.3) is 0 Å². The molecular formula is C20H19N7O2. The molecule has 146 valence electrons. The van der Waals surface area contributed by atoms with Crippen LogP contribution in [0.1, 0.15) is 18.3 Å². The molecule has 9 heteroatoms. The molecule has 3 amide bonds. The molecule has 29 heavy (non-hydrogen) atoms. The summed E-state index contributed by atoms with van der Waals surface area (Å²) in [5, 5.41) is 5.78. The van der Waals surface area contributed by atoms with Crippen LogP contribution in [0.4, 0.5) is 22.4 Å². The molecular weight excluding hydrogens is 370 g/mol. The van der Waals surface area contributed by atoms with Gasteiger partial charge < -0.3 is 16.4 Å². The Hall–Kier alpha value is -4.01. The normalized spacial score (nSPS) is 18.6. The van der Waals surface area contributed by atoms with Crippen LogP contribution in [0, 0.1) is 0 Å². The highest BCUT2D eigenvalue weighted by Gasteiger charge is 2.49. The van der Waals surface area contributed by atoms with Crippen LogP contribution < -0.4 is 16.4 Å². The summed E-state index contributed by atoms with van der Waals surface area (Å²) < 4.78 is 0. The van der Waals surface area contributed by atoms with E-state index < -0.39 is 11.6 Å². The van der Waals surface area contributed by atoms with Crippen molar-refractivity contribution in [2.75, 3.05) is 11.1 Å². The molecule has 1 saturated heterocycles. The summed E-state index contributed by atoms with van der Waals surface area (Å²) in [7, 11) is 0. The average Bonchev–Trinajstić information content (AvgIpc) is 2.93. The molecule has 9 nitrogen and oxygen atoms in total. The fraction of sp³-hybridized carbons (Fsp3) is 0.150. The number of hydrogen-bond donors (Lipinski definition) is 3. The van der Waals surface area contributed by atoms with E-state index in [2.05, 4.69) is 25.6 Å². The number of anilines is 3. The van der Waals surface area contributed by atoms with Crippen molar-refractivity contribution in [3.63, 3.8) is 0 Å². The number of carbonyl (C=O) groups is 2. The molecule has 4 N–H and O–H groups in total. The molecule has 2 aromatic carbocycles. The van der Waals surface area contributed by atoms with Crippen LogP contribution in [-0.4, -0.2) is 31.8 Å². The Bertz CT molecular complexity index is 1060. The summed E-state index contributed by atoms with van der Waals surface area (Å²) in [5.41, 5.74) is 6.11. The van der Waals surface area contributed by atoms with E-state index in [0.717, 1.165) is 10.6 Å². The predicted octanol–water partition coefficient (Wildman–Crippen LogP) is 2.16. The Morgan fingerprint density at radius 1 is 1.00 bits per heavy atom. The highest BCUT2D eigenvalue weighted by Crippen LogP contribution is 2.29. The van der Waals surface area contributed by atoms with Crippen molar-refractivity contribution in [3.8, 4) is 0 Å². The van der Waals surface area contributed by atoms with E-state index in [9.17, 15) is 9.59 Å². The Kier molecular flexibility index (Phi) is 4.55. The van der Waals surface area contributed by atoms with Crippen molar-refractivity contribution in [1.29, 1.82) is 0 Å². The predicted molar refractivity (Wildman–Crippen MR) is 107 cm³/mol. The number of rotatable bonds is 5. The fourth-order valence-corrected chi connectivity index (χ4v) is 3.16. The van der Waals surface area contributed by atoms with Crippen LogP contribution in [0.5, 0.6) is 0 Å². The second-order valence-electron chi connectivity index (χ2n) is 6.74. The molecule has 4 rings (SSSR count). The lowest BCUT2D eigenvalue weighted by Gasteiger charge is -2.22. The minimum atomic E-state index is -1.15. The van der Waals surface area contributed by atoms with Crippen LogP contribution in [-0.2, 0) is 16.9 Å². The highest BCUT2D eigenvalue weighted by atomic mass is 16.2. The van der Waals surface area contributed by atoms with Crippen molar-refractivity contribution >= 4 is 29.5 Å². The smallest absolute Gasteiger partial charge is 0.325 e. The number of benzene rings is 2. The number of nitrogens with one attached hydrogen (secondary N) is 2. The summed E-state index contributed by atoms with van der Waals surface area (Å²) >= 11 is 0. The first-order chi connectivity index (χ1) is 14.0. The van der Waals surface area contributed by atoms with Gasteiger partial charge in [0.25, 0.3) is 5.91 Å². The molecule has 1 aliphatic heterocycles. The number of nitrogens with zero attached hydrogens (tertiary/aromatic N) is 4. The van der Waals surface area contributed by atoms with E-state index in [-0.39, 0.29) is 30.2 Å². The van der Waals surface area contributed by atoms with Gasteiger partial charge in [0.05, 0.1) is 6.54 Å². The topological polar surface area (TPSA) is 126 Å². The van der Waals surface area contributed by atoms with Gasteiger partial charge in [-0.25, -0.2) is 4.79 Å². The van der Waals surface area contributed by atoms with Gasteiger partial charge in [0, 0.05) is 5.69 Å². The van der Waals surface area contributed by atoms with Crippen LogP contribution in [0.2, 0.25) is 0 Å². The molecule has 1 aromatic heterocycles. The standard InChI is InChI=1S/C20H19N7O2/c1-20(13-8-4-2-5-9-13)16(28)27(19(29)26-20)12-15-23-17(21)25-18(24-15)22-14-10-6-3-7-11-14/h2-11H,12H2,1H3,(H,26,29)(H3,21,22,23,24,25)/t20-/m0/s1. The third-order valence-corrected chi connectivity index (χ3v) is 4.65. The van der Waals surface area contributed by atoms with Gasteiger partial charge in [-0.05, 0) is 24.6 Å². The van der Waals surface area contributed by atoms with E-state index in [0.29, 0.717) is 5.56 Å². The SMILES string of the molecule is C[C@@]1(c2ccccc2)NC(=O)N(Cc2nc(N)nc(Nc3ccccc3)n2)C1=O. The van der Waals surface area contributed by atoms with Gasteiger partial charge in [0.1, 0.15) is 5.54 Å². The Balaban J connectivity index is 1.58. The third kappa shape index (κ3) is 3.57. The number of para-hydroxylation sites is 1. The maximum Gasteiger partial charge on any atom is 0.325 e. The first-order valence-electron chi connectivity index (χ1n) is 8.98. The van der Waals surface area contributed by atoms with Crippen molar-refractivity contribution in [1.82, 2.24) is 25.2 Å². The molecule has 0 bridgehead atoms. The van der Waals surface area contributed by atoms with Gasteiger partial charge in [-0.3, -0.25) is 9.69 Å². The largest absolute Gasteiger partial charge is 0.368 e. The van der Waals surface area contributed by atoms with Crippen LogP contribution in [0.3, 0.4) is 0 Å². The number of urea groups is 1. The van der Waals surface area contributed by atoms with Crippen molar-refractivity contribution in [2.45, 2.75) is 19.0 Å². The number of nitrogens with two attached hydrogens (primary N) is 1. The van der Waals surface area contributed by atoms with Crippen LogP contribution in [0.15, 0.2) is 60.7 Å². The number of imide groups is 1. The lowest BCUT2D eigenvalue weighted by atomic mass is 9.92. The van der Waals surface area contributed by atoms with Gasteiger partial charge in [-0.15, -0.1) is 0 Å². The lowest BCUT2D eigenvalue weighted by molar-refractivity contribution is -0.131. The molecule has 0 aliphatic carbocycles. The number of aromatic nitrogens is 3. The minimum Gasteiger partial charge on any atom is -0.368 e. The molecule has 0 unspecified atom stereocenters. The maximum absolute atomic E-state index is 13.0. The Morgan fingerprint density at radius 3 is 2.34 bits per heavy atom. The molecule has 1 atom stereocenters. The fourth-order valence-electron chi connectivity index (χ4n) is 3.16. The van der Waals surface area contributed by atoms with Crippen LogP contribution >= 0.6 is 0 Å². The van der Waals surface area contributed by atoms with Gasteiger partial charge in [0.2, 0.25) is 11.9 Å². The summed E-state index contributed by atoms with van der Waals surface area (Å²) in [4.78, 5) is 39.0. The van der Waals surface area contributed by atoms with E-state index in [1.54, 1.807) is 19.1 Å². The monoisotopic (exact) mass is 389 g/mol. The van der Waals surface area contributed by atoms with Crippen molar-refractivity contribution in [2.24, 2.45) is 0 Å². The van der Waals surface area contributed by atoms with Gasteiger partial charge in [0.15, 0.2) is 5.82 Å². The average molecular weight is 389 g/mol. The first kappa shape index (κ1) is 18.4. The number of carbonyl (C=O) groups excluding carboxylic acids is 2. The van der Waals surface area contributed by atoms with Gasteiger partial charge >= 0.3 is 6.03 Å². The second-order valence-corrected chi connectivity index (χ2v) is 6.74. The quantitative estimate of drug-likeness (QED) is 0.571. The van der Waals surface area contributed by atoms with Crippen molar-refractivity contribution in [3.05, 3.63) is 72.1 Å². The zero-order chi connectivity index (χ0) is 20.4. The molecule has 0 saturated carbocycles. The van der Waals surface area contributed by atoms with E-state index in [4.69, 9.17) is 5.73 Å². The molecule has 0 spiro atoms. The number of amides is 3.